The Morgan fingerprint density at radius 1 is 0.933 bits per heavy atom. The Hall–Kier alpha value is -2.97. The molecule has 0 saturated carbocycles. The highest BCUT2D eigenvalue weighted by molar-refractivity contribution is 5.92. The largest absolute Gasteiger partial charge is 0.406 e. The van der Waals surface area contributed by atoms with Crippen molar-refractivity contribution in [3.8, 4) is 0 Å². The second kappa shape index (κ2) is 7.37. The standard InChI is InChI=1S/C21H18F6N2O/c1-13(30)28-17-7-8-18-15(11-17)9-10-29(18)12-14-3-5-16(6-4-14)19(2,20(22,23)24)21(25,26)27/h3-11H,12H2,1-2H3,(H,28,30). The molecule has 0 fully saturated rings. The number of fused-ring (bicyclic) bond motifs is 1. The van der Waals surface area contributed by atoms with E-state index in [2.05, 4.69) is 5.32 Å². The monoisotopic (exact) mass is 428 g/mol. The summed E-state index contributed by atoms with van der Waals surface area (Å²) in [6.07, 6.45) is -9.20. The second-order valence-corrected chi connectivity index (χ2v) is 7.22. The first-order valence-electron chi connectivity index (χ1n) is 8.92. The van der Waals surface area contributed by atoms with Gasteiger partial charge in [-0.15, -0.1) is 0 Å². The SMILES string of the molecule is CC(=O)Nc1ccc2c(ccn2Cc2ccc(C(C)(C(F)(F)F)C(F)(F)F)cc2)c1. The summed E-state index contributed by atoms with van der Waals surface area (Å²) in [5, 5.41) is 3.50. The lowest BCUT2D eigenvalue weighted by Gasteiger charge is -2.34. The molecule has 2 aromatic carbocycles. The van der Waals surface area contributed by atoms with Gasteiger partial charge in [0.05, 0.1) is 0 Å². The number of anilines is 1. The summed E-state index contributed by atoms with van der Waals surface area (Å²) in [4.78, 5) is 11.2. The fourth-order valence-corrected chi connectivity index (χ4v) is 3.25. The van der Waals surface area contributed by atoms with Crippen molar-refractivity contribution >= 4 is 22.5 Å². The topological polar surface area (TPSA) is 34.0 Å². The van der Waals surface area contributed by atoms with Crippen LogP contribution in [-0.2, 0) is 16.8 Å². The fourth-order valence-electron chi connectivity index (χ4n) is 3.25. The molecule has 0 aliphatic heterocycles. The number of hydrogen-bond acceptors (Lipinski definition) is 1. The van der Waals surface area contributed by atoms with Crippen LogP contribution in [0, 0.1) is 0 Å². The predicted molar refractivity (Wildman–Crippen MR) is 101 cm³/mol. The lowest BCUT2D eigenvalue weighted by Crippen LogP contribution is -2.51. The van der Waals surface area contributed by atoms with Crippen molar-refractivity contribution in [3.63, 3.8) is 0 Å². The molecular weight excluding hydrogens is 410 g/mol. The molecule has 0 radical (unpaired) electrons. The molecule has 160 valence electrons. The van der Waals surface area contributed by atoms with E-state index in [1.54, 1.807) is 30.5 Å². The van der Waals surface area contributed by atoms with Crippen molar-refractivity contribution in [2.45, 2.75) is 38.2 Å². The smallest absolute Gasteiger partial charge is 0.343 e. The molecule has 3 rings (SSSR count). The molecule has 1 heterocycles. The number of rotatable bonds is 4. The van der Waals surface area contributed by atoms with Crippen LogP contribution >= 0.6 is 0 Å². The van der Waals surface area contributed by atoms with Crippen LogP contribution in [0.2, 0.25) is 0 Å². The van der Waals surface area contributed by atoms with Crippen LogP contribution < -0.4 is 5.32 Å². The summed E-state index contributed by atoms with van der Waals surface area (Å²) in [5.41, 5.74) is -2.82. The van der Waals surface area contributed by atoms with Crippen LogP contribution in [0.25, 0.3) is 10.9 Å². The van der Waals surface area contributed by atoms with Crippen LogP contribution in [0.1, 0.15) is 25.0 Å². The van der Waals surface area contributed by atoms with Gasteiger partial charge in [-0.2, -0.15) is 26.3 Å². The molecule has 9 heteroatoms. The maximum Gasteiger partial charge on any atom is 0.406 e. The van der Waals surface area contributed by atoms with Gasteiger partial charge >= 0.3 is 12.4 Å². The molecule has 0 bridgehead atoms. The number of halogens is 6. The zero-order valence-corrected chi connectivity index (χ0v) is 16.0. The summed E-state index contributed by atoms with van der Waals surface area (Å²) in [6, 6.07) is 11.3. The third kappa shape index (κ3) is 3.88. The van der Waals surface area contributed by atoms with Gasteiger partial charge < -0.3 is 9.88 Å². The number of carbonyl (C=O) groups excluding carboxylic acids is 1. The molecule has 0 atom stereocenters. The minimum atomic E-state index is -5.48. The van der Waals surface area contributed by atoms with Crippen LogP contribution in [0.4, 0.5) is 32.0 Å². The minimum Gasteiger partial charge on any atom is -0.343 e. The van der Waals surface area contributed by atoms with E-state index in [-0.39, 0.29) is 19.4 Å². The summed E-state index contributed by atoms with van der Waals surface area (Å²) in [5.74, 6) is -0.210. The maximum absolute atomic E-state index is 13.2. The third-order valence-corrected chi connectivity index (χ3v) is 5.11. The Kier molecular flexibility index (Phi) is 5.34. The Morgan fingerprint density at radius 2 is 1.53 bits per heavy atom. The van der Waals surface area contributed by atoms with Crippen LogP contribution in [0.3, 0.4) is 0 Å². The van der Waals surface area contributed by atoms with E-state index in [4.69, 9.17) is 0 Å². The zero-order valence-electron chi connectivity index (χ0n) is 16.0. The highest BCUT2D eigenvalue weighted by atomic mass is 19.4. The number of aromatic nitrogens is 1. The molecule has 0 spiro atoms. The van der Waals surface area contributed by atoms with E-state index in [1.807, 2.05) is 4.57 Å². The van der Waals surface area contributed by atoms with Crippen molar-refractivity contribution in [2.24, 2.45) is 0 Å². The maximum atomic E-state index is 13.2. The number of hydrogen-bond donors (Lipinski definition) is 1. The average Bonchev–Trinajstić information content (AvgIpc) is 3.01. The molecule has 0 unspecified atom stereocenters. The van der Waals surface area contributed by atoms with Crippen molar-refractivity contribution < 1.29 is 31.1 Å². The van der Waals surface area contributed by atoms with Gasteiger partial charge in [0.2, 0.25) is 5.91 Å². The molecule has 3 nitrogen and oxygen atoms in total. The minimum absolute atomic E-state index is 0.147. The lowest BCUT2D eigenvalue weighted by molar-refractivity contribution is -0.297. The quantitative estimate of drug-likeness (QED) is 0.506. The van der Waals surface area contributed by atoms with E-state index in [9.17, 15) is 31.1 Å². The first-order chi connectivity index (χ1) is 13.8. The lowest BCUT2D eigenvalue weighted by atomic mass is 9.80. The number of alkyl halides is 6. The van der Waals surface area contributed by atoms with E-state index < -0.39 is 23.3 Å². The van der Waals surface area contributed by atoms with Crippen LogP contribution in [0.15, 0.2) is 54.7 Å². The molecule has 0 saturated heterocycles. The predicted octanol–water partition coefficient (Wildman–Crippen LogP) is 6.03. The summed E-state index contributed by atoms with van der Waals surface area (Å²) < 4.78 is 81.2. The molecule has 30 heavy (non-hydrogen) atoms. The van der Waals surface area contributed by atoms with Gasteiger partial charge in [0.25, 0.3) is 0 Å². The van der Waals surface area contributed by atoms with E-state index >= 15 is 0 Å². The average molecular weight is 428 g/mol. The highest BCUT2D eigenvalue weighted by Crippen LogP contribution is 2.51. The van der Waals surface area contributed by atoms with E-state index in [0.29, 0.717) is 11.3 Å². The van der Waals surface area contributed by atoms with Gasteiger partial charge in [0.1, 0.15) is 0 Å². The summed E-state index contributed by atoms with van der Waals surface area (Å²) >= 11 is 0. The Bertz CT molecular complexity index is 1050. The van der Waals surface area contributed by atoms with Crippen molar-refractivity contribution in [1.82, 2.24) is 4.57 Å². The van der Waals surface area contributed by atoms with Gasteiger partial charge in [0, 0.05) is 36.3 Å². The van der Waals surface area contributed by atoms with Gasteiger partial charge in [0.15, 0.2) is 5.41 Å². The summed E-state index contributed by atoms with van der Waals surface area (Å²) in [6.45, 7) is 1.80. The van der Waals surface area contributed by atoms with Gasteiger partial charge in [-0.3, -0.25) is 4.79 Å². The highest BCUT2D eigenvalue weighted by Gasteiger charge is 2.68. The number of amides is 1. The first kappa shape index (κ1) is 21.7. The number of benzene rings is 2. The molecule has 0 aliphatic rings. The zero-order chi connectivity index (χ0) is 22.3. The Balaban J connectivity index is 1.88. The van der Waals surface area contributed by atoms with Crippen LogP contribution in [-0.4, -0.2) is 22.8 Å². The molecule has 0 aliphatic carbocycles. The molecule has 1 N–H and O–H groups in total. The van der Waals surface area contributed by atoms with Gasteiger partial charge in [-0.05, 0) is 42.3 Å². The number of carbonyl (C=O) groups is 1. The van der Waals surface area contributed by atoms with E-state index in [1.165, 1.54) is 19.1 Å². The normalized spacial score (nSPS) is 12.9. The molecule has 3 aromatic rings. The first-order valence-corrected chi connectivity index (χ1v) is 8.92. The Morgan fingerprint density at radius 3 is 2.07 bits per heavy atom. The van der Waals surface area contributed by atoms with Gasteiger partial charge in [-0.1, -0.05) is 24.3 Å². The number of nitrogens with one attached hydrogen (secondary N) is 1. The number of nitrogens with zero attached hydrogens (tertiary/aromatic N) is 1. The molecular formula is C21H18F6N2O. The molecule has 1 aromatic heterocycles. The third-order valence-electron chi connectivity index (χ3n) is 5.11. The molecule has 1 amide bonds. The van der Waals surface area contributed by atoms with Crippen LogP contribution in [0.5, 0.6) is 0 Å². The van der Waals surface area contributed by atoms with E-state index in [0.717, 1.165) is 23.0 Å². The Labute approximate surface area is 168 Å². The fraction of sp³-hybridized carbons (Fsp3) is 0.286. The second-order valence-electron chi connectivity index (χ2n) is 7.22. The van der Waals surface area contributed by atoms with Gasteiger partial charge in [-0.25, -0.2) is 0 Å². The van der Waals surface area contributed by atoms with Crippen molar-refractivity contribution in [3.05, 3.63) is 65.9 Å². The summed E-state index contributed by atoms with van der Waals surface area (Å²) in [7, 11) is 0. The van der Waals surface area contributed by atoms with Crippen molar-refractivity contribution in [2.75, 3.05) is 5.32 Å². The van der Waals surface area contributed by atoms with Crippen molar-refractivity contribution in [1.29, 1.82) is 0 Å².